The summed E-state index contributed by atoms with van der Waals surface area (Å²) < 4.78 is 19.3. The first-order chi connectivity index (χ1) is 10.1. The van der Waals surface area contributed by atoms with Crippen LogP contribution in [0.2, 0.25) is 0 Å². The van der Waals surface area contributed by atoms with Crippen molar-refractivity contribution < 1.29 is 9.13 Å². The Morgan fingerprint density at radius 2 is 2.43 bits per heavy atom. The lowest BCUT2D eigenvalue weighted by Gasteiger charge is -2.30. The van der Waals surface area contributed by atoms with Gasteiger partial charge in [0.15, 0.2) is 0 Å². The SMILES string of the molecule is Cc1nc(CN2C[C@@H](F)C[C@H]2CN(C)C2CCOC2)cs1. The summed E-state index contributed by atoms with van der Waals surface area (Å²) in [5.41, 5.74) is 1.07. The summed E-state index contributed by atoms with van der Waals surface area (Å²) in [4.78, 5) is 9.11. The zero-order valence-corrected chi connectivity index (χ0v) is 13.6. The molecule has 118 valence electrons. The van der Waals surface area contributed by atoms with E-state index in [1.54, 1.807) is 11.3 Å². The molecule has 3 heterocycles. The van der Waals surface area contributed by atoms with Gasteiger partial charge in [-0.05, 0) is 26.8 Å². The smallest absolute Gasteiger partial charge is 0.114 e. The quantitative estimate of drug-likeness (QED) is 0.832. The van der Waals surface area contributed by atoms with Gasteiger partial charge < -0.3 is 4.74 Å². The summed E-state index contributed by atoms with van der Waals surface area (Å²) in [5.74, 6) is 0. The van der Waals surface area contributed by atoms with Gasteiger partial charge in [-0.2, -0.15) is 0 Å². The highest BCUT2D eigenvalue weighted by atomic mass is 32.1. The molecule has 0 radical (unpaired) electrons. The third-order valence-electron chi connectivity index (χ3n) is 4.54. The molecule has 0 spiro atoms. The average molecular weight is 313 g/mol. The van der Waals surface area contributed by atoms with Crippen molar-refractivity contribution in [2.24, 2.45) is 0 Å². The van der Waals surface area contributed by atoms with Crippen LogP contribution < -0.4 is 0 Å². The predicted octanol–water partition coefficient (Wildman–Crippen LogP) is 2.08. The van der Waals surface area contributed by atoms with Crippen molar-refractivity contribution in [2.45, 2.75) is 44.6 Å². The number of ether oxygens (including phenoxy) is 1. The van der Waals surface area contributed by atoms with Gasteiger partial charge in [0.25, 0.3) is 0 Å². The number of thiazole rings is 1. The zero-order chi connectivity index (χ0) is 14.8. The van der Waals surface area contributed by atoms with Gasteiger partial charge in [0.05, 0.1) is 17.3 Å². The second-order valence-electron chi connectivity index (χ2n) is 6.23. The van der Waals surface area contributed by atoms with E-state index in [9.17, 15) is 4.39 Å². The molecule has 2 saturated heterocycles. The number of halogens is 1. The number of nitrogens with zero attached hydrogens (tertiary/aromatic N) is 3. The van der Waals surface area contributed by atoms with Crippen molar-refractivity contribution in [1.29, 1.82) is 0 Å². The van der Waals surface area contributed by atoms with Gasteiger partial charge in [-0.3, -0.25) is 9.80 Å². The van der Waals surface area contributed by atoms with Gasteiger partial charge in [-0.25, -0.2) is 9.37 Å². The molecule has 0 aliphatic carbocycles. The van der Waals surface area contributed by atoms with E-state index in [1.807, 2.05) is 6.92 Å². The second-order valence-corrected chi connectivity index (χ2v) is 7.29. The van der Waals surface area contributed by atoms with Gasteiger partial charge in [0.1, 0.15) is 6.17 Å². The highest BCUT2D eigenvalue weighted by Crippen LogP contribution is 2.25. The second kappa shape index (κ2) is 6.69. The van der Waals surface area contributed by atoms with Crippen LogP contribution in [0.4, 0.5) is 4.39 Å². The minimum absolute atomic E-state index is 0.285. The topological polar surface area (TPSA) is 28.6 Å². The Bertz CT molecular complexity index is 464. The molecule has 4 nitrogen and oxygen atoms in total. The summed E-state index contributed by atoms with van der Waals surface area (Å²) in [5, 5.41) is 3.17. The molecule has 6 heteroatoms. The van der Waals surface area contributed by atoms with E-state index in [4.69, 9.17) is 4.74 Å². The molecule has 3 rings (SSSR count). The Morgan fingerprint density at radius 3 is 3.10 bits per heavy atom. The molecule has 0 bridgehead atoms. The fraction of sp³-hybridized carbons (Fsp3) is 0.800. The maximum Gasteiger partial charge on any atom is 0.114 e. The standard InChI is InChI=1S/C15H24FN3OS/c1-11-17-13(10-21-11)7-19-6-12(16)5-15(19)8-18(2)14-3-4-20-9-14/h10,12,14-15H,3-9H2,1-2H3/t12-,14?,15-/m0/s1. The Kier molecular flexibility index (Phi) is 4.88. The Morgan fingerprint density at radius 1 is 1.57 bits per heavy atom. The number of alkyl halides is 1. The zero-order valence-electron chi connectivity index (χ0n) is 12.8. The minimum atomic E-state index is -0.706. The van der Waals surface area contributed by atoms with Crippen molar-refractivity contribution in [3.63, 3.8) is 0 Å². The van der Waals surface area contributed by atoms with Crippen LogP contribution >= 0.6 is 11.3 Å². The molecule has 2 aliphatic heterocycles. The van der Waals surface area contributed by atoms with Gasteiger partial charge in [-0.1, -0.05) is 0 Å². The summed E-state index contributed by atoms with van der Waals surface area (Å²) in [6.07, 6.45) is 1.03. The molecule has 1 unspecified atom stereocenters. The van der Waals surface area contributed by atoms with E-state index in [2.05, 4.69) is 27.2 Å². The molecule has 0 saturated carbocycles. The van der Waals surface area contributed by atoms with Crippen LogP contribution in [-0.2, 0) is 11.3 Å². The normalized spacial score (nSPS) is 30.6. The number of hydrogen-bond acceptors (Lipinski definition) is 5. The Hall–Kier alpha value is -0.560. The number of rotatable bonds is 5. The highest BCUT2D eigenvalue weighted by molar-refractivity contribution is 7.09. The number of aromatic nitrogens is 1. The van der Waals surface area contributed by atoms with Crippen LogP contribution in [0.1, 0.15) is 23.5 Å². The fourth-order valence-corrected chi connectivity index (χ4v) is 3.95. The molecular formula is C15H24FN3OS. The number of likely N-dealkylation sites (tertiary alicyclic amines) is 1. The molecule has 0 N–H and O–H groups in total. The van der Waals surface area contributed by atoms with Gasteiger partial charge in [0.2, 0.25) is 0 Å². The fourth-order valence-electron chi connectivity index (χ4n) is 3.35. The minimum Gasteiger partial charge on any atom is -0.380 e. The van der Waals surface area contributed by atoms with E-state index < -0.39 is 6.17 Å². The van der Waals surface area contributed by atoms with Crippen LogP contribution in [0.25, 0.3) is 0 Å². The van der Waals surface area contributed by atoms with Gasteiger partial charge in [-0.15, -0.1) is 11.3 Å². The molecule has 0 amide bonds. The first-order valence-corrected chi connectivity index (χ1v) is 8.57. The summed E-state index contributed by atoms with van der Waals surface area (Å²) >= 11 is 1.67. The van der Waals surface area contributed by atoms with Crippen LogP contribution in [0.5, 0.6) is 0 Å². The molecule has 3 atom stereocenters. The maximum atomic E-state index is 13.9. The molecule has 1 aromatic heterocycles. The van der Waals surface area contributed by atoms with Crippen LogP contribution in [-0.4, -0.2) is 66.4 Å². The maximum absolute atomic E-state index is 13.9. The van der Waals surface area contributed by atoms with E-state index >= 15 is 0 Å². The monoisotopic (exact) mass is 313 g/mol. The largest absolute Gasteiger partial charge is 0.380 e. The first-order valence-electron chi connectivity index (χ1n) is 7.69. The average Bonchev–Trinajstić information content (AvgIpc) is 3.13. The lowest BCUT2D eigenvalue weighted by atomic mass is 10.1. The summed E-state index contributed by atoms with van der Waals surface area (Å²) in [7, 11) is 2.13. The van der Waals surface area contributed by atoms with Crippen molar-refractivity contribution in [2.75, 3.05) is 33.4 Å². The number of hydrogen-bond donors (Lipinski definition) is 0. The van der Waals surface area contributed by atoms with Crippen LogP contribution in [0.3, 0.4) is 0 Å². The van der Waals surface area contributed by atoms with E-state index in [0.717, 1.165) is 43.4 Å². The Labute approximate surface area is 129 Å². The number of likely N-dealkylation sites (N-methyl/N-ethyl adjacent to an activating group) is 1. The molecule has 21 heavy (non-hydrogen) atoms. The predicted molar refractivity (Wildman–Crippen MR) is 82.4 cm³/mol. The molecule has 0 aromatic carbocycles. The first kappa shape index (κ1) is 15.3. The lowest BCUT2D eigenvalue weighted by Crippen LogP contribution is -2.43. The van der Waals surface area contributed by atoms with Crippen molar-refractivity contribution in [3.05, 3.63) is 16.1 Å². The summed E-state index contributed by atoms with van der Waals surface area (Å²) in [6.45, 7) is 5.90. The lowest BCUT2D eigenvalue weighted by molar-refractivity contribution is 0.130. The molecular weight excluding hydrogens is 289 g/mol. The van der Waals surface area contributed by atoms with Gasteiger partial charge in [0, 0.05) is 43.7 Å². The molecule has 1 aromatic rings. The molecule has 2 aliphatic rings. The van der Waals surface area contributed by atoms with Crippen LogP contribution in [0, 0.1) is 6.92 Å². The van der Waals surface area contributed by atoms with Crippen molar-refractivity contribution >= 4 is 11.3 Å². The van der Waals surface area contributed by atoms with Crippen LogP contribution in [0.15, 0.2) is 5.38 Å². The number of aryl methyl sites for hydroxylation is 1. The van der Waals surface area contributed by atoms with Gasteiger partial charge >= 0.3 is 0 Å². The van der Waals surface area contributed by atoms with E-state index in [-0.39, 0.29) is 6.04 Å². The van der Waals surface area contributed by atoms with Crippen molar-refractivity contribution in [3.8, 4) is 0 Å². The molecule has 2 fully saturated rings. The summed E-state index contributed by atoms with van der Waals surface area (Å²) in [6, 6.07) is 0.777. The van der Waals surface area contributed by atoms with Crippen molar-refractivity contribution in [1.82, 2.24) is 14.8 Å². The third-order valence-corrected chi connectivity index (χ3v) is 5.36. The third kappa shape index (κ3) is 3.80. The van der Waals surface area contributed by atoms with E-state index in [0.29, 0.717) is 19.0 Å². The highest BCUT2D eigenvalue weighted by Gasteiger charge is 2.34. The van der Waals surface area contributed by atoms with E-state index in [1.165, 1.54) is 0 Å². The Balaban J connectivity index is 1.59.